The number of para-hydroxylation sites is 1. The SMILES string of the molecule is CC(C)(C)OC(=O)N1CCC(OC2CC(Oc3cnc(N4C5CCC4CC(n4nc(N)c6nnc(-c7ccccc7O)cc64)C5)nc3)C2)CC1. The number of piperidine rings is 2. The fraction of sp³-hybridized carbons (Fsp3) is 0.556. The molecule has 6 heterocycles. The summed E-state index contributed by atoms with van der Waals surface area (Å²) in [4.78, 5) is 26.0. The van der Waals surface area contributed by atoms with Gasteiger partial charge in [0.05, 0.1) is 41.9 Å². The van der Waals surface area contributed by atoms with Gasteiger partial charge < -0.3 is 34.9 Å². The summed E-state index contributed by atoms with van der Waals surface area (Å²) in [6, 6.07) is 9.72. The van der Waals surface area contributed by atoms with E-state index in [-0.39, 0.29) is 48.3 Å². The van der Waals surface area contributed by atoms with Crippen molar-refractivity contribution in [2.45, 2.75) is 114 Å². The van der Waals surface area contributed by atoms with Crippen LogP contribution >= 0.6 is 0 Å². The maximum Gasteiger partial charge on any atom is 0.410 e. The van der Waals surface area contributed by atoms with Crippen LogP contribution < -0.4 is 15.4 Å². The highest BCUT2D eigenvalue weighted by molar-refractivity contribution is 5.87. The third-order valence-electron chi connectivity index (χ3n) is 10.4. The van der Waals surface area contributed by atoms with Crippen LogP contribution in [0.25, 0.3) is 22.3 Å². The minimum atomic E-state index is -0.486. The number of nitrogens with two attached hydrogens (primary N) is 1. The van der Waals surface area contributed by atoms with Gasteiger partial charge in [0.25, 0.3) is 0 Å². The molecule has 2 unspecified atom stereocenters. The average Bonchev–Trinajstić information content (AvgIpc) is 3.55. The van der Waals surface area contributed by atoms with Gasteiger partial charge in [-0.1, -0.05) is 12.1 Å². The van der Waals surface area contributed by atoms with Crippen LogP contribution in [0, 0.1) is 0 Å². The number of amides is 1. The molecule has 2 bridgehead atoms. The van der Waals surface area contributed by atoms with Gasteiger partial charge >= 0.3 is 6.09 Å². The third-order valence-corrected chi connectivity index (χ3v) is 10.4. The number of carbonyl (C=O) groups is 1. The summed E-state index contributed by atoms with van der Waals surface area (Å²) in [5.41, 5.74) is 8.40. The Hall–Kier alpha value is -4.72. The number of carbonyl (C=O) groups excluding carboxylic acids is 1. The van der Waals surface area contributed by atoms with Gasteiger partial charge in [-0.3, -0.25) is 4.68 Å². The number of rotatable bonds is 7. The first-order valence-electron chi connectivity index (χ1n) is 17.8. The number of ether oxygens (including phenoxy) is 3. The lowest BCUT2D eigenvalue weighted by Crippen LogP contribution is -2.46. The molecule has 1 saturated carbocycles. The van der Waals surface area contributed by atoms with Crippen LogP contribution in [-0.4, -0.2) is 95.1 Å². The highest BCUT2D eigenvalue weighted by Crippen LogP contribution is 2.44. The molecule has 264 valence electrons. The molecule has 4 fully saturated rings. The summed E-state index contributed by atoms with van der Waals surface area (Å²) in [7, 11) is 0. The molecule has 4 aliphatic rings. The van der Waals surface area contributed by atoms with E-state index in [9.17, 15) is 9.90 Å². The van der Waals surface area contributed by atoms with Gasteiger partial charge in [0.15, 0.2) is 17.1 Å². The molecule has 1 aromatic carbocycles. The van der Waals surface area contributed by atoms with Gasteiger partial charge in [0.2, 0.25) is 5.95 Å². The molecule has 3 aromatic heterocycles. The lowest BCUT2D eigenvalue weighted by molar-refractivity contribution is -0.110. The van der Waals surface area contributed by atoms with Crippen molar-refractivity contribution in [1.29, 1.82) is 0 Å². The lowest BCUT2D eigenvalue weighted by atomic mass is 9.91. The second-order valence-electron chi connectivity index (χ2n) is 15.1. The second-order valence-corrected chi connectivity index (χ2v) is 15.1. The summed E-state index contributed by atoms with van der Waals surface area (Å²) in [6.07, 6.45) is 10.9. The van der Waals surface area contributed by atoms with Gasteiger partial charge in [0.1, 0.15) is 17.5 Å². The van der Waals surface area contributed by atoms with Crippen molar-refractivity contribution in [3.63, 3.8) is 0 Å². The molecule has 8 rings (SSSR count). The van der Waals surface area contributed by atoms with Crippen molar-refractivity contribution in [3.05, 3.63) is 42.7 Å². The Morgan fingerprint density at radius 2 is 1.60 bits per heavy atom. The minimum absolute atomic E-state index is 0.0793. The zero-order valence-electron chi connectivity index (χ0n) is 28.8. The monoisotopic (exact) mass is 683 g/mol. The predicted molar refractivity (Wildman–Crippen MR) is 186 cm³/mol. The zero-order valence-corrected chi connectivity index (χ0v) is 28.8. The summed E-state index contributed by atoms with van der Waals surface area (Å²) >= 11 is 0. The number of fused-ring (bicyclic) bond motifs is 3. The lowest BCUT2D eigenvalue weighted by Gasteiger charge is -2.40. The van der Waals surface area contributed by atoms with Crippen LogP contribution in [0.1, 0.15) is 78.2 Å². The molecule has 3 aliphatic heterocycles. The summed E-state index contributed by atoms with van der Waals surface area (Å²) in [5, 5.41) is 23.8. The van der Waals surface area contributed by atoms with E-state index in [0.717, 1.165) is 62.8 Å². The fourth-order valence-corrected chi connectivity index (χ4v) is 7.92. The number of aromatic nitrogens is 6. The first-order valence-corrected chi connectivity index (χ1v) is 17.8. The molecule has 50 heavy (non-hydrogen) atoms. The number of likely N-dealkylation sites (tertiary alicyclic amines) is 1. The molecule has 2 atom stereocenters. The highest BCUT2D eigenvalue weighted by atomic mass is 16.6. The third kappa shape index (κ3) is 6.48. The Morgan fingerprint density at radius 3 is 2.28 bits per heavy atom. The molecule has 1 amide bonds. The van der Waals surface area contributed by atoms with Crippen LogP contribution in [0.5, 0.6) is 11.5 Å². The van der Waals surface area contributed by atoms with Crippen LogP contribution in [0.4, 0.5) is 16.6 Å². The van der Waals surface area contributed by atoms with Gasteiger partial charge in [-0.25, -0.2) is 14.8 Å². The van der Waals surface area contributed by atoms with Crippen LogP contribution in [0.2, 0.25) is 0 Å². The van der Waals surface area contributed by atoms with Crippen molar-refractivity contribution in [2.24, 2.45) is 0 Å². The number of benzene rings is 1. The number of nitrogen functional groups attached to an aromatic ring is 1. The van der Waals surface area contributed by atoms with E-state index in [0.29, 0.717) is 41.4 Å². The first kappa shape index (κ1) is 32.5. The molecule has 4 aromatic rings. The molecule has 3 N–H and O–H groups in total. The van der Waals surface area contributed by atoms with Crippen LogP contribution in [0.15, 0.2) is 42.7 Å². The number of anilines is 2. The Morgan fingerprint density at radius 1 is 0.900 bits per heavy atom. The quantitative estimate of drug-likeness (QED) is 0.260. The van der Waals surface area contributed by atoms with Crippen molar-refractivity contribution >= 4 is 28.9 Å². The molecule has 3 saturated heterocycles. The Kier molecular flexibility index (Phi) is 8.36. The number of nitrogens with zero attached hydrogens (tertiary/aromatic N) is 8. The number of phenolic OH excluding ortho intramolecular Hbond substituents is 1. The molecule has 0 spiro atoms. The van der Waals surface area contributed by atoms with Gasteiger partial charge in [0, 0.05) is 43.6 Å². The standard InChI is InChI=1S/C36H45N9O5/c1-36(2,3)50-35(47)43-12-10-24(11-13-43)48-25-16-26(17-25)49-27-19-38-34(39-20-27)44-21-8-9-22(44)15-23(14-21)45-30-18-29(28-6-4-5-7-31(28)46)40-41-32(30)33(37)42-45/h4-7,18-26,46H,8-17H2,1-3H3,(H2,37,42). The van der Waals surface area contributed by atoms with Crippen LogP contribution in [-0.2, 0) is 9.47 Å². The maximum absolute atomic E-state index is 12.4. The van der Waals surface area contributed by atoms with E-state index in [4.69, 9.17) is 35.0 Å². The molecular weight excluding hydrogens is 638 g/mol. The van der Waals surface area contributed by atoms with E-state index >= 15 is 0 Å². The maximum atomic E-state index is 12.4. The smallest absolute Gasteiger partial charge is 0.410 e. The number of hydrogen-bond acceptors (Lipinski definition) is 12. The highest BCUT2D eigenvalue weighted by Gasteiger charge is 2.43. The summed E-state index contributed by atoms with van der Waals surface area (Å²) in [5.74, 6) is 1.91. The molecule has 14 heteroatoms. The largest absolute Gasteiger partial charge is 0.507 e. The van der Waals surface area contributed by atoms with E-state index in [1.807, 2.05) is 43.7 Å². The molecule has 1 aliphatic carbocycles. The number of phenols is 1. The van der Waals surface area contributed by atoms with Crippen molar-refractivity contribution < 1.29 is 24.1 Å². The van der Waals surface area contributed by atoms with Gasteiger partial charge in [-0.05, 0) is 77.5 Å². The normalized spacial score (nSPS) is 25.5. The number of hydrogen-bond donors (Lipinski definition) is 2. The fourth-order valence-electron chi connectivity index (χ4n) is 7.92. The summed E-state index contributed by atoms with van der Waals surface area (Å²) < 4.78 is 20.0. The van der Waals surface area contributed by atoms with Crippen molar-refractivity contribution in [1.82, 2.24) is 34.8 Å². The van der Waals surface area contributed by atoms with Gasteiger partial charge in [-0.2, -0.15) is 5.10 Å². The van der Waals surface area contributed by atoms with E-state index in [1.54, 1.807) is 29.4 Å². The minimum Gasteiger partial charge on any atom is -0.507 e. The Balaban J connectivity index is 0.844. The topological polar surface area (TPSA) is 167 Å². The Labute approximate surface area is 290 Å². The van der Waals surface area contributed by atoms with Crippen LogP contribution in [0.3, 0.4) is 0 Å². The first-order chi connectivity index (χ1) is 24.1. The summed E-state index contributed by atoms with van der Waals surface area (Å²) in [6.45, 7) is 6.97. The molecule has 14 nitrogen and oxygen atoms in total. The molecule has 0 radical (unpaired) electrons. The van der Waals surface area contributed by atoms with Crippen molar-refractivity contribution in [3.8, 4) is 22.8 Å². The second kappa shape index (κ2) is 12.9. The van der Waals surface area contributed by atoms with E-state index in [2.05, 4.69) is 15.1 Å². The van der Waals surface area contributed by atoms with E-state index < -0.39 is 5.60 Å². The van der Waals surface area contributed by atoms with Crippen molar-refractivity contribution in [2.75, 3.05) is 23.7 Å². The predicted octanol–water partition coefficient (Wildman–Crippen LogP) is 5.27. The molecular formula is C36H45N9O5. The Bertz CT molecular complexity index is 1830. The average molecular weight is 684 g/mol. The number of aromatic hydroxyl groups is 1. The van der Waals surface area contributed by atoms with Gasteiger partial charge in [-0.15, -0.1) is 10.2 Å². The van der Waals surface area contributed by atoms with E-state index in [1.165, 1.54) is 0 Å². The zero-order chi connectivity index (χ0) is 34.6.